The summed E-state index contributed by atoms with van der Waals surface area (Å²) in [5.41, 5.74) is -0.107. The SMILES string of the molecule is CCn1c(SC2CCCC2NC)n[nH]c1=O. The topological polar surface area (TPSA) is 62.7 Å². The monoisotopic (exact) mass is 242 g/mol. The van der Waals surface area contributed by atoms with Gasteiger partial charge in [0.05, 0.1) is 0 Å². The largest absolute Gasteiger partial charge is 0.343 e. The number of H-pyrrole nitrogens is 1. The smallest absolute Gasteiger partial charge is 0.316 e. The number of rotatable bonds is 4. The van der Waals surface area contributed by atoms with Crippen molar-refractivity contribution >= 4 is 11.8 Å². The Bertz CT molecular complexity index is 400. The molecule has 1 fully saturated rings. The maximum atomic E-state index is 11.4. The van der Waals surface area contributed by atoms with E-state index in [9.17, 15) is 4.79 Å². The highest BCUT2D eigenvalue weighted by atomic mass is 32.2. The molecule has 2 atom stereocenters. The molecule has 2 rings (SSSR count). The van der Waals surface area contributed by atoms with Gasteiger partial charge in [-0.05, 0) is 26.8 Å². The van der Waals surface area contributed by atoms with Gasteiger partial charge in [0.25, 0.3) is 0 Å². The minimum Gasteiger partial charge on any atom is -0.316 e. The van der Waals surface area contributed by atoms with E-state index in [-0.39, 0.29) is 5.69 Å². The number of aromatic nitrogens is 3. The van der Waals surface area contributed by atoms with E-state index in [1.807, 2.05) is 14.0 Å². The van der Waals surface area contributed by atoms with Crippen molar-refractivity contribution in [1.29, 1.82) is 0 Å². The van der Waals surface area contributed by atoms with Crippen LogP contribution in [0.15, 0.2) is 9.95 Å². The quantitative estimate of drug-likeness (QED) is 0.820. The van der Waals surface area contributed by atoms with E-state index in [1.165, 1.54) is 19.3 Å². The third-order valence-corrected chi connectivity index (χ3v) is 4.51. The van der Waals surface area contributed by atoms with Crippen LogP contribution in [0.5, 0.6) is 0 Å². The second kappa shape index (κ2) is 5.05. The van der Waals surface area contributed by atoms with Gasteiger partial charge in [-0.25, -0.2) is 9.89 Å². The fraction of sp³-hybridized carbons (Fsp3) is 0.800. The van der Waals surface area contributed by atoms with Crippen LogP contribution in [0.25, 0.3) is 0 Å². The molecule has 6 heteroatoms. The third kappa shape index (κ3) is 2.17. The lowest BCUT2D eigenvalue weighted by Gasteiger charge is -2.17. The van der Waals surface area contributed by atoms with E-state index in [1.54, 1.807) is 16.3 Å². The zero-order valence-electron chi connectivity index (χ0n) is 9.69. The van der Waals surface area contributed by atoms with Gasteiger partial charge in [0, 0.05) is 17.8 Å². The molecule has 1 aliphatic carbocycles. The first-order valence-electron chi connectivity index (χ1n) is 5.75. The van der Waals surface area contributed by atoms with Gasteiger partial charge in [0.1, 0.15) is 0 Å². The molecule has 0 saturated heterocycles. The number of hydrogen-bond donors (Lipinski definition) is 2. The summed E-state index contributed by atoms with van der Waals surface area (Å²) in [5.74, 6) is 0. The minimum atomic E-state index is -0.107. The van der Waals surface area contributed by atoms with Gasteiger partial charge in [-0.1, -0.05) is 18.2 Å². The van der Waals surface area contributed by atoms with Crippen molar-refractivity contribution in [2.24, 2.45) is 0 Å². The number of hydrogen-bond acceptors (Lipinski definition) is 4. The number of nitrogens with one attached hydrogen (secondary N) is 2. The summed E-state index contributed by atoms with van der Waals surface area (Å²) in [5, 5.41) is 11.3. The summed E-state index contributed by atoms with van der Waals surface area (Å²) in [4.78, 5) is 11.4. The lowest BCUT2D eigenvalue weighted by atomic mass is 10.2. The maximum absolute atomic E-state index is 11.4. The summed E-state index contributed by atoms with van der Waals surface area (Å²) in [6.45, 7) is 2.64. The average Bonchev–Trinajstić information content (AvgIpc) is 2.86. The number of nitrogens with zero attached hydrogens (tertiary/aromatic N) is 2. The van der Waals surface area contributed by atoms with Gasteiger partial charge in [-0.15, -0.1) is 5.10 Å². The van der Waals surface area contributed by atoms with Gasteiger partial charge < -0.3 is 5.32 Å². The molecule has 1 heterocycles. The van der Waals surface area contributed by atoms with Gasteiger partial charge in [-0.3, -0.25) is 4.57 Å². The highest BCUT2D eigenvalue weighted by Gasteiger charge is 2.28. The van der Waals surface area contributed by atoms with Crippen LogP contribution in [0.1, 0.15) is 26.2 Å². The normalized spacial score (nSPS) is 25.1. The Morgan fingerprint density at radius 1 is 1.62 bits per heavy atom. The number of aromatic amines is 1. The standard InChI is InChI=1S/C10H18N4OS/c1-3-14-9(15)12-13-10(14)16-8-6-4-5-7(8)11-2/h7-8,11H,3-6H2,1-2H3,(H,12,15). The Hall–Kier alpha value is -0.750. The molecule has 1 aliphatic rings. The molecule has 0 spiro atoms. The van der Waals surface area contributed by atoms with Crippen LogP contribution >= 0.6 is 11.8 Å². The third-order valence-electron chi connectivity index (χ3n) is 3.12. The molecule has 2 N–H and O–H groups in total. The number of thioether (sulfide) groups is 1. The van der Waals surface area contributed by atoms with Crippen LogP contribution in [0, 0.1) is 0 Å². The van der Waals surface area contributed by atoms with Gasteiger partial charge >= 0.3 is 5.69 Å². The van der Waals surface area contributed by atoms with Crippen molar-refractivity contribution in [1.82, 2.24) is 20.1 Å². The predicted molar refractivity (Wildman–Crippen MR) is 64.9 cm³/mol. The first-order valence-corrected chi connectivity index (χ1v) is 6.63. The second-order valence-corrected chi connectivity index (χ2v) is 5.24. The predicted octanol–water partition coefficient (Wildman–Crippen LogP) is 0.824. The molecule has 0 radical (unpaired) electrons. The van der Waals surface area contributed by atoms with E-state index in [2.05, 4.69) is 15.5 Å². The second-order valence-electron chi connectivity index (χ2n) is 4.04. The zero-order valence-corrected chi connectivity index (χ0v) is 10.5. The average molecular weight is 242 g/mol. The summed E-state index contributed by atoms with van der Waals surface area (Å²) in [6, 6.07) is 0.544. The molecule has 0 amide bonds. The first kappa shape index (κ1) is 11.7. The molecule has 0 aromatic carbocycles. The summed E-state index contributed by atoms with van der Waals surface area (Å²) < 4.78 is 1.69. The maximum Gasteiger partial charge on any atom is 0.343 e. The van der Waals surface area contributed by atoms with E-state index in [0.717, 1.165) is 5.16 Å². The van der Waals surface area contributed by atoms with E-state index in [0.29, 0.717) is 17.8 Å². The van der Waals surface area contributed by atoms with Crippen LogP contribution in [-0.4, -0.2) is 33.1 Å². The molecule has 90 valence electrons. The molecular weight excluding hydrogens is 224 g/mol. The molecule has 1 saturated carbocycles. The van der Waals surface area contributed by atoms with E-state index in [4.69, 9.17) is 0 Å². The Balaban J connectivity index is 2.11. The Morgan fingerprint density at radius 3 is 3.12 bits per heavy atom. The lowest BCUT2D eigenvalue weighted by molar-refractivity contribution is 0.587. The minimum absolute atomic E-state index is 0.107. The summed E-state index contributed by atoms with van der Waals surface area (Å²) in [6.07, 6.45) is 3.67. The fourth-order valence-corrected chi connectivity index (χ4v) is 3.63. The van der Waals surface area contributed by atoms with Crippen LogP contribution < -0.4 is 11.0 Å². The molecule has 1 aromatic rings. The lowest BCUT2D eigenvalue weighted by Crippen LogP contribution is -2.31. The van der Waals surface area contributed by atoms with Crippen molar-refractivity contribution in [3.05, 3.63) is 10.5 Å². The molecule has 5 nitrogen and oxygen atoms in total. The highest BCUT2D eigenvalue weighted by molar-refractivity contribution is 7.99. The van der Waals surface area contributed by atoms with Gasteiger partial charge in [0.2, 0.25) is 0 Å². The van der Waals surface area contributed by atoms with E-state index >= 15 is 0 Å². The molecular formula is C10H18N4OS. The molecule has 16 heavy (non-hydrogen) atoms. The van der Waals surface area contributed by atoms with Gasteiger partial charge in [0.15, 0.2) is 5.16 Å². The van der Waals surface area contributed by atoms with Crippen LogP contribution in [0.2, 0.25) is 0 Å². The highest BCUT2D eigenvalue weighted by Crippen LogP contribution is 2.33. The fourth-order valence-electron chi connectivity index (χ4n) is 2.20. The Morgan fingerprint density at radius 2 is 2.44 bits per heavy atom. The van der Waals surface area contributed by atoms with Crippen molar-refractivity contribution in [3.63, 3.8) is 0 Å². The van der Waals surface area contributed by atoms with E-state index < -0.39 is 0 Å². The molecule has 2 unspecified atom stereocenters. The van der Waals surface area contributed by atoms with Crippen molar-refractivity contribution in [3.8, 4) is 0 Å². The Labute approximate surface area is 99.0 Å². The van der Waals surface area contributed by atoms with Crippen LogP contribution in [-0.2, 0) is 6.54 Å². The first-order chi connectivity index (χ1) is 7.76. The zero-order chi connectivity index (χ0) is 11.5. The van der Waals surface area contributed by atoms with Crippen molar-refractivity contribution in [2.45, 2.75) is 49.2 Å². The van der Waals surface area contributed by atoms with Crippen LogP contribution in [0.4, 0.5) is 0 Å². The molecule has 1 aromatic heterocycles. The molecule has 0 bridgehead atoms. The van der Waals surface area contributed by atoms with Gasteiger partial charge in [-0.2, -0.15) is 0 Å². The summed E-state index contributed by atoms with van der Waals surface area (Å²) in [7, 11) is 2.00. The van der Waals surface area contributed by atoms with Crippen LogP contribution in [0.3, 0.4) is 0 Å². The summed E-state index contributed by atoms with van der Waals surface area (Å²) >= 11 is 1.71. The van der Waals surface area contributed by atoms with Crippen molar-refractivity contribution < 1.29 is 0 Å². The Kier molecular flexibility index (Phi) is 3.70. The van der Waals surface area contributed by atoms with Crippen molar-refractivity contribution in [2.75, 3.05) is 7.05 Å². The molecule has 0 aliphatic heterocycles.